The maximum Gasteiger partial charge on any atom is 0.416 e. The number of hydrogen-bond donors (Lipinski definition) is 0. The first kappa shape index (κ1) is 19.4. The zero-order valence-corrected chi connectivity index (χ0v) is 13.6. The van der Waals surface area contributed by atoms with Crippen molar-refractivity contribution in [3.05, 3.63) is 29.8 Å². The number of sulfonamides is 1. The van der Waals surface area contributed by atoms with Crippen molar-refractivity contribution >= 4 is 16.0 Å². The second-order valence-corrected chi connectivity index (χ2v) is 6.60. The molecule has 5 nitrogen and oxygen atoms in total. The average molecular weight is 353 g/mol. The van der Waals surface area contributed by atoms with Crippen LogP contribution in [-0.2, 0) is 25.7 Å². The lowest BCUT2D eigenvalue weighted by Gasteiger charge is -2.21. The molecule has 130 valence electrons. The van der Waals surface area contributed by atoms with E-state index in [-0.39, 0.29) is 18.0 Å². The number of halogens is 3. The van der Waals surface area contributed by atoms with Crippen LogP contribution >= 0.6 is 0 Å². The van der Waals surface area contributed by atoms with Crippen molar-refractivity contribution in [1.82, 2.24) is 4.31 Å². The van der Waals surface area contributed by atoms with Crippen molar-refractivity contribution in [2.45, 2.75) is 31.3 Å². The number of hydrogen-bond acceptors (Lipinski definition) is 4. The van der Waals surface area contributed by atoms with Gasteiger partial charge in [-0.3, -0.25) is 4.79 Å². The predicted octanol–water partition coefficient (Wildman–Crippen LogP) is 2.67. The third-order valence-corrected chi connectivity index (χ3v) is 4.76. The minimum Gasteiger partial charge on any atom is -0.465 e. The van der Waals surface area contributed by atoms with Gasteiger partial charge in [0.1, 0.15) is 6.54 Å². The van der Waals surface area contributed by atoms with E-state index in [2.05, 4.69) is 0 Å². The van der Waals surface area contributed by atoms with Gasteiger partial charge in [0.05, 0.1) is 17.1 Å². The highest BCUT2D eigenvalue weighted by Gasteiger charge is 2.32. The Kier molecular flexibility index (Phi) is 6.57. The fourth-order valence-corrected chi connectivity index (χ4v) is 3.33. The van der Waals surface area contributed by atoms with Gasteiger partial charge in [0.15, 0.2) is 0 Å². The summed E-state index contributed by atoms with van der Waals surface area (Å²) >= 11 is 0. The molecule has 0 aliphatic carbocycles. The number of alkyl halides is 3. The monoisotopic (exact) mass is 353 g/mol. The second kappa shape index (κ2) is 7.78. The van der Waals surface area contributed by atoms with Crippen LogP contribution in [0.5, 0.6) is 0 Å². The van der Waals surface area contributed by atoms with Crippen LogP contribution in [0.2, 0.25) is 0 Å². The molecule has 1 rings (SSSR count). The van der Waals surface area contributed by atoms with E-state index in [1.54, 1.807) is 13.8 Å². The van der Waals surface area contributed by atoms with Gasteiger partial charge in [-0.15, -0.1) is 0 Å². The molecule has 1 aromatic rings. The summed E-state index contributed by atoms with van der Waals surface area (Å²) in [4.78, 5) is 11.2. The number of benzene rings is 1. The Balaban J connectivity index is 3.07. The smallest absolute Gasteiger partial charge is 0.416 e. The van der Waals surface area contributed by atoms with Crippen LogP contribution in [0, 0.1) is 0 Å². The SMILES string of the molecule is CCCN(CC(=O)OCC)S(=O)(=O)c1ccc(C(F)(F)F)cc1. The molecule has 9 heteroatoms. The number of nitrogens with zero attached hydrogens (tertiary/aromatic N) is 1. The largest absolute Gasteiger partial charge is 0.465 e. The van der Waals surface area contributed by atoms with Crippen molar-refractivity contribution < 1.29 is 31.1 Å². The molecule has 0 aliphatic rings. The summed E-state index contributed by atoms with van der Waals surface area (Å²) in [6, 6.07) is 3.15. The van der Waals surface area contributed by atoms with E-state index in [1.165, 1.54) is 0 Å². The third-order valence-electron chi connectivity index (χ3n) is 2.90. The number of carbonyl (C=O) groups is 1. The Hall–Kier alpha value is -1.61. The Morgan fingerprint density at radius 2 is 1.74 bits per heavy atom. The maximum atomic E-state index is 12.5. The van der Waals surface area contributed by atoms with Gasteiger partial charge in [-0.05, 0) is 37.6 Å². The summed E-state index contributed by atoms with van der Waals surface area (Å²) in [6.45, 7) is 3.00. The molecular formula is C14H18F3NO4S. The molecule has 0 aromatic heterocycles. The van der Waals surface area contributed by atoms with E-state index in [0.29, 0.717) is 18.6 Å². The van der Waals surface area contributed by atoms with Crippen molar-refractivity contribution in [3.63, 3.8) is 0 Å². The highest BCUT2D eigenvalue weighted by atomic mass is 32.2. The van der Waals surface area contributed by atoms with Crippen LogP contribution in [0.3, 0.4) is 0 Å². The Labute approximate surface area is 133 Å². The molecule has 0 saturated carbocycles. The fraction of sp³-hybridized carbons (Fsp3) is 0.500. The van der Waals surface area contributed by atoms with Gasteiger partial charge in [0, 0.05) is 6.54 Å². The minimum atomic E-state index is -4.55. The first-order chi connectivity index (χ1) is 10.6. The molecule has 0 fully saturated rings. The molecule has 1 aromatic carbocycles. The molecule has 0 heterocycles. The highest BCUT2D eigenvalue weighted by molar-refractivity contribution is 7.89. The lowest BCUT2D eigenvalue weighted by atomic mass is 10.2. The third kappa shape index (κ3) is 5.21. The Morgan fingerprint density at radius 1 is 1.17 bits per heavy atom. The summed E-state index contributed by atoms with van der Waals surface area (Å²) in [5, 5.41) is 0. The van der Waals surface area contributed by atoms with Crippen LogP contribution in [0.1, 0.15) is 25.8 Å². The van der Waals surface area contributed by atoms with Gasteiger partial charge < -0.3 is 4.74 Å². The van der Waals surface area contributed by atoms with Crippen LogP contribution < -0.4 is 0 Å². The number of ether oxygens (including phenoxy) is 1. The summed E-state index contributed by atoms with van der Waals surface area (Å²) < 4.78 is 68.1. The molecular weight excluding hydrogens is 335 g/mol. The molecule has 0 atom stereocenters. The van der Waals surface area contributed by atoms with E-state index < -0.39 is 34.3 Å². The lowest BCUT2D eigenvalue weighted by Crippen LogP contribution is -2.37. The van der Waals surface area contributed by atoms with Gasteiger partial charge in [0.2, 0.25) is 10.0 Å². The topological polar surface area (TPSA) is 63.7 Å². The summed E-state index contributed by atoms with van der Waals surface area (Å²) in [5.41, 5.74) is -0.941. The average Bonchev–Trinajstić information content (AvgIpc) is 2.46. The molecule has 0 N–H and O–H groups in total. The number of carbonyl (C=O) groups excluding carboxylic acids is 1. The standard InChI is InChI=1S/C14H18F3NO4S/c1-3-9-18(10-13(19)22-4-2)23(20,21)12-7-5-11(6-8-12)14(15,16)17/h5-8H,3-4,9-10H2,1-2H3. The first-order valence-corrected chi connectivity index (χ1v) is 8.40. The van der Waals surface area contributed by atoms with Crippen LogP contribution in [0.4, 0.5) is 13.2 Å². The normalized spacial score (nSPS) is 12.4. The quantitative estimate of drug-likeness (QED) is 0.707. The van der Waals surface area contributed by atoms with Gasteiger partial charge in [-0.2, -0.15) is 17.5 Å². The molecule has 0 bridgehead atoms. The van der Waals surface area contributed by atoms with E-state index in [0.717, 1.165) is 16.4 Å². The summed E-state index contributed by atoms with van der Waals surface area (Å²) in [6.07, 6.45) is -4.10. The van der Waals surface area contributed by atoms with Crippen molar-refractivity contribution in [2.24, 2.45) is 0 Å². The van der Waals surface area contributed by atoms with Crippen LogP contribution in [0.25, 0.3) is 0 Å². The van der Waals surface area contributed by atoms with E-state index >= 15 is 0 Å². The zero-order valence-electron chi connectivity index (χ0n) is 12.8. The van der Waals surface area contributed by atoms with Gasteiger partial charge in [-0.25, -0.2) is 8.42 Å². The summed E-state index contributed by atoms with van der Waals surface area (Å²) in [5.74, 6) is -0.712. The van der Waals surface area contributed by atoms with E-state index in [9.17, 15) is 26.4 Å². The van der Waals surface area contributed by atoms with E-state index in [4.69, 9.17) is 4.74 Å². The van der Waals surface area contributed by atoms with Crippen LogP contribution in [0.15, 0.2) is 29.2 Å². The maximum absolute atomic E-state index is 12.5. The summed E-state index contributed by atoms with van der Waals surface area (Å²) in [7, 11) is -4.07. The molecule has 0 amide bonds. The molecule has 0 unspecified atom stereocenters. The second-order valence-electron chi connectivity index (χ2n) is 4.67. The number of esters is 1. The van der Waals surface area contributed by atoms with E-state index in [1.807, 2.05) is 0 Å². The highest BCUT2D eigenvalue weighted by Crippen LogP contribution is 2.30. The fourth-order valence-electron chi connectivity index (χ4n) is 1.85. The molecule has 0 aliphatic heterocycles. The van der Waals surface area contributed by atoms with Crippen molar-refractivity contribution in [3.8, 4) is 0 Å². The predicted molar refractivity (Wildman–Crippen MR) is 77.1 cm³/mol. The van der Waals surface area contributed by atoms with Crippen molar-refractivity contribution in [2.75, 3.05) is 19.7 Å². The number of rotatable bonds is 7. The molecule has 23 heavy (non-hydrogen) atoms. The lowest BCUT2D eigenvalue weighted by molar-refractivity contribution is -0.143. The van der Waals surface area contributed by atoms with Crippen molar-refractivity contribution in [1.29, 1.82) is 0 Å². The van der Waals surface area contributed by atoms with Gasteiger partial charge >= 0.3 is 12.1 Å². The Morgan fingerprint density at radius 3 is 2.17 bits per heavy atom. The Bertz CT molecular complexity index is 626. The molecule has 0 saturated heterocycles. The molecule has 0 spiro atoms. The van der Waals surface area contributed by atoms with Gasteiger partial charge in [-0.1, -0.05) is 6.92 Å². The molecule has 0 radical (unpaired) electrons. The first-order valence-electron chi connectivity index (χ1n) is 6.96. The minimum absolute atomic E-state index is 0.0577. The van der Waals surface area contributed by atoms with Crippen LogP contribution in [-0.4, -0.2) is 38.4 Å². The van der Waals surface area contributed by atoms with Gasteiger partial charge in [0.25, 0.3) is 0 Å². The zero-order chi connectivity index (χ0) is 17.7.